The van der Waals surface area contributed by atoms with Gasteiger partial charge in [0.05, 0.1) is 12.2 Å². The van der Waals surface area contributed by atoms with Crippen molar-refractivity contribution in [3.05, 3.63) is 28.0 Å². The number of ether oxygens (including phenoxy) is 1. The average molecular weight is 354 g/mol. The minimum Gasteiger partial charge on any atom is -0.462 e. The first-order valence-electron chi connectivity index (χ1n) is 5.46. The van der Waals surface area contributed by atoms with Crippen molar-refractivity contribution in [2.45, 2.75) is 24.7 Å². The lowest BCUT2D eigenvalue weighted by atomic mass is 10.2. The molecule has 1 aromatic rings. The van der Waals surface area contributed by atoms with Gasteiger partial charge in [-0.2, -0.15) is 0 Å². The topological polar surface area (TPSA) is 86.5 Å². The number of carbonyl (C=O) groups excluding carboxylic acids is 1. The van der Waals surface area contributed by atoms with Crippen molar-refractivity contribution in [2.24, 2.45) is 5.14 Å². The Bertz CT molecular complexity index is 589. The van der Waals surface area contributed by atoms with Gasteiger partial charge in [-0.15, -0.1) is 0 Å². The summed E-state index contributed by atoms with van der Waals surface area (Å²) < 4.78 is 41.4. The number of sulfonamides is 1. The molecule has 5 nitrogen and oxygen atoms in total. The molecule has 2 N–H and O–H groups in total. The third-order valence-corrected chi connectivity index (χ3v) is 3.63. The Labute approximate surface area is 119 Å². The van der Waals surface area contributed by atoms with E-state index in [1.54, 1.807) is 0 Å². The predicted octanol–water partition coefficient (Wildman–Crippen LogP) is 2.19. The molecule has 1 aromatic carbocycles. The van der Waals surface area contributed by atoms with Crippen molar-refractivity contribution in [2.75, 3.05) is 6.61 Å². The highest BCUT2D eigenvalue weighted by Gasteiger charge is 2.23. The molecule has 0 unspecified atom stereocenters. The lowest BCUT2D eigenvalue weighted by Gasteiger charge is -2.08. The van der Waals surface area contributed by atoms with Crippen molar-refractivity contribution in [1.29, 1.82) is 0 Å². The highest BCUT2D eigenvalue weighted by atomic mass is 79.9. The normalized spacial score (nSPS) is 11.4. The Balaban J connectivity index is 3.15. The first-order chi connectivity index (χ1) is 8.77. The maximum atomic E-state index is 13.9. The SMILES string of the molecule is CCCCOC(=O)c1cc(Br)cc(S(N)(=O)=O)c1F. The maximum absolute atomic E-state index is 13.9. The monoisotopic (exact) mass is 353 g/mol. The van der Waals surface area contributed by atoms with E-state index in [2.05, 4.69) is 15.9 Å². The van der Waals surface area contributed by atoms with Gasteiger partial charge in [-0.25, -0.2) is 22.7 Å². The van der Waals surface area contributed by atoms with E-state index >= 15 is 0 Å². The molecule has 0 heterocycles. The van der Waals surface area contributed by atoms with E-state index in [4.69, 9.17) is 9.88 Å². The molecule has 0 aliphatic carbocycles. The molecule has 0 amide bonds. The lowest BCUT2D eigenvalue weighted by molar-refractivity contribution is 0.0493. The van der Waals surface area contributed by atoms with Crippen LogP contribution in [0.3, 0.4) is 0 Å². The van der Waals surface area contributed by atoms with Crippen LogP contribution in [0.2, 0.25) is 0 Å². The highest BCUT2D eigenvalue weighted by molar-refractivity contribution is 9.10. The number of halogens is 2. The molecular formula is C11H13BrFNO4S. The number of unbranched alkanes of at least 4 members (excludes halogenated alkanes) is 1. The van der Waals surface area contributed by atoms with Gasteiger partial charge >= 0.3 is 5.97 Å². The van der Waals surface area contributed by atoms with Crippen LogP contribution in [-0.4, -0.2) is 21.0 Å². The summed E-state index contributed by atoms with van der Waals surface area (Å²) in [4.78, 5) is 10.9. The molecule has 19 heavy (non-hydrogen) atoms. The average Bonchev–Trinajstić information content (AvgIpc) is 2.30. The summed E-state index contributed by atoms with van der Waals surface area (Å²) in [7, 11) is -4.25. The Morgan fingerprint density at radius 1 is 1.47 bits per heavy atom. The van der Waals surface area contributed by atoms with E-state index in [1.807, 2.05) is 6.92 Å². The lowest BCUT2D eigenvalue weighted by Crippen LogP contribution is -2.17. The van der Waals surface area contributed by atoms with Gasteiger partial charge in [-0.3, -0.25) is 0 Å². The second kappa shape index (κ2) is 6.44. The van der Waals surface area contributed by atoms with Crippen LogP contribution in [-0.2, 0) is 14.8 Å². The van der Waals surface area contributed by atoms with E-state index < -0.39 is 32.3 Å². The number of nitrogens with two attached hydrogens (primary N) is 1. The largest absolute Gasteiger partial charge is 0.462 e. The zero-order chi connectivity index (χ0) is 14.6. The van der Waals surface area contributed by atoms with Crippen LogP contribution in [0.1, 0.15) is 30.1 Å². The van der Waals surface area contributed by atoms with E-state index in [-0.39, 0.29) is 11.1 Å². The number of primary sulfonamides is 1. The predicted molar refractivity (Wildman–Crippen MR) is 70.7 cm³/mol. The van der Waals surface area contributed by atoms with Crippen LogP contribution in [0.5, 0.6) is 0 Å². The fourth-order valence-corrected chi connectivity index (χ4v) is 2.57. The fraction of sp³-hybridized carbons (Fsp3) is 0.364. The second-order valence-corrected chi connectivity index (χ2v) is 6.25. The summed E-state index contributed by atoms with van der Waals surface area (Å²) >= 11 is 3.00. The minimum absolute atomic E-state index is 0.145. The molecule has 0 aliphatic heterocycles. The smallest absolute Gasteiger partial charge is 0.341 e. The third kappa shape index (κ3) is 4.26. The van der Waals surface area contributed by atoms with Gasteiger partial charge in [-0.05, 0) is 18.6 Å². The summed E-state index contributed by atoms with van der Waals surface area (Å²) in [5, 5.41) is 4.88. The maximum Gasteiger partial charge on any atom is 0.341 e. The van der Waals surface area contributed by atoms with Crippen LogP contribution in [0.4, 0.5) is 4.39 Å². The fourth-order valence-electron chi connectivity index (χ4n) is 1.31. The number of esters is 1. The number of hydrogen-bond donors (Lipinski definition) is 1. The quantitative estimate of drug-likeness (QED) is 0.649. The second-order valence-electron chi connectivity index (χ2n) is 3.80. The summed E-state index contributed by atoms with van der Waals surface area (Å²) in [6, 6.07) is 2.14. The molecule has 0 fully saturated rings. The Hall–Kier alpha value is -0.990. The van der Waals surface area contributed by atoms with E-state index in [0.717, 1.165) is 18.6 Å². The first-order valence-corrected chi connectivity index (χ1v) is 7.80. The summed E-state index contributed by atoms with van der Waals surface area (Å²) in [5.74, 6) is -2.12. The van der Waals surface area contributed by atoms with E-state index in [1.165, 1.54) is 0 Å². The van der Waals surface area contributed by atoms with Crippen LogP contribution < -0.4 is 5.14 Å². The molecule has 0 aromatic heterocycles. The molecule has 0 saturated heterocycles. The first kappa shape index (κ1) is 16.1. The van der Waals surface area contributed by atoms with E-state index in [0.29, 0.717) is 6.42 Å². The van der Waals surface area contributed by atoms with Crippen molar-refractivity contribution in [3.63, 3.8) is 0 Å². The Kier molecular flexibility index (Phi) is 5.45. The molecule has 0 spiro atoms. The number of benzene rings is 1. The zero-order valence-electron chi connectivity index (χ0n) is 10.2. The molecule has 8 heteroatoms. The standard InChI is InChI=1S/C11H13BrFNO4S/c1-2-3-4-18-11(15)8-5-7(12)6-9(10(8)13)19(14,16)17/h5-6H,2-4H2,1H3,(H2,14,16,17). The molecule has 0 aliphatic rings. The number of rotatable bonds is 5. The minimum atomic E-state index is -4.25. The van der Waals surface area contributed by atoms with Crippen molar-refractivity contribution >= 4 is 31.9 Å². The summed E-state index contributed by atoms with van der Waals surface area (Å²) in [6.07, 6.45) is 1.46. The van der Waals surface area contributed by atoms with Gasteiger partial charge in [0.1, 0.15) is 4.90 Å². The molecule has 0 radical (unpaired) electrons. The summed E-state index contributed by atoms with van der Waals surface area (Å²) in [5.41, 5.74) is -0.463. The van der Waals surface area contributed by atoms with Crippen LogP contribution in [0, 0.1) is 5.82 Å². The molecule has 106 valence electrons. The van der Waals surface area contributed by atoms with Crippen LogP contribution in [0.25, 0.3) is 0 Å². The zero-order valence-corrected chi connectivity index (χ0v) is 12.6. The van der Waals surface area contributed by atoms with Gasteiger partial charge in [0.2, 0.25) is 10.0 Å². The van der Waals surface area contributed by atoms with E-state index in [9.17, 15) is 17.6 Å². The Morgan fingerprint density at radius 3 is 2.63 bits per heavy atom. The number of hydrogen-bond acceptors (Lipinski definition) is 4. The van der Waals surface area contributed by atoms with Crippen molar-refractivity contribution in [1.82, 2.24) is 0 Å². The molecular weight excluding hydrogens is 341 g/mol. The molecule has 1 rings (SSSR count). The number of carbonyl (C=O) groups is 1. The highest BCUT2D eigenvalue weighted by Crippen LogP contribution is 2.24. The van der Waals surface area contributed by atoms with Gasteiger partial charge < -0.3 is 4.74 Å². The molecule has 0 bridgehead atoms. The van der Waals surface area contributed by atoms with Crippen molar-refractivity contribution in [3.8, 4) is 0 Å². The van der Waals surface area contributed by atoms with Gasteiger partial charge in [0.25, 0.3) is 0 Å². The van der Waals surface area contributed by atoms with Gasteiger partial charge in [0, 0.05) is 4.47 Å². The van der Waals surface area contributed by atoms with Crippen LogP contribution in [0.15, 0.2) is 21.5 Å². The molecule has 0 atom stereocenters. The summed E-state index contributed by atoms with van der Waals surface area (Å²) in [6.45, 7) is 2.05. The molecule has 0 saturated carbocycles. The Morgan fingerprint density at radius 2 is 2.11 bits per heavy atom. The van der Waals surface area contributed by atoms with Gasteiger partial charge in [0.15, 0.2) is 5.82 Å². The van der Waals surface area contributed by atoms with Crippen LogP contribution >= 0.6 is 15.9 Å². The third-order valence-electron chi connectivity index (χ3n) is 2.26. The van der Waals surface area contributed by atoms with Crippen molar-refractivity contribution < 1.29 is 22.3 Å². The van der Waals surface area contributed by atoms with Gasteiger partial charge in [-0.1, -0.05) is 29.3 Å².